The highest BCUT2D eigenvalue weighted by molar-refractivity contribution is 14.0. The molecule has 0 amide bonds. The van der Waals surface area contributed by atoms with Crippen molar-refractivity contribution in [1.29, 1.82) is 0 Å². The summed E-state index contributed by atoms with van der Waals surface area (Å²) in [6, 6.07) is 5.45. The molecule has 7 nitrogen and oxygen atoms in total. The number of hydrogen-bond donors (Lipinski definition) is 2. The molecular weight excluding hydrogens is 483 g/mol. The molecule has 2 N–H and O–H groups in total. The Morgan fingerprint density at radius 1 is 1.26 bits per heavy atom. The summed E-state index contributed by atoms with van der Waals surface area (Å²) in [5.41, 5.74) is 1.97. The number of aromatic nitrogens is 1. The van der Waals surface area contributed by atoms with Gasteiger partial charge >= 0.3 is 0 Å². The molecule has 2 rings (SSSR count). The number of hydrogen-bond acceptors (Lipinski definition) is 4. The fourth-order valence-corrected chi connectivity index (χ4v) is 2.93. The van der Waals surface area contributed by atoms with Crippen LogP contribution in [0, 0.1) is 0 Å². The summed E-state index contributed by atoms with van der Waals surface area (Å²) in [4.78, 5) is 6.32. The number of phenols is 1. The summed E-state index contributed by atoms with van der Waals surface area (Å²) in [5.74, 6) is 1.44. The highest BCUT2D eigenvalue weighted by atomic mass is 127. The number of halogens is 2. The van der Waals surface area contributed by atoms with Crippen LogP contribution in [-0.2, 0) is 20.1 Å². The molecule has 0 fully saturated rings. The Morgan fingerprint density at radius 3 is 2.30 bits per heavy atom. The first-order valence-electron chi connectivity index (χ1n) is 8.06. The van der Waals surface area contributed by atoms with Gasteiger partial charge in [-0.05, 0) is 23.8 Å². The van der Waals surface area contributed by atoms with Crippen molar-refractivity contribution in [3.05, 3.63) is 40.7 Å². The number of aliphatic imine (C=N–C) groups is 1. The van der Waals surface area contributed by atoms with Crippen molar-refractivity contribution in [1.82, 2.24) is 14.8 Å². The Labute approximate surface area is 182 Å². The summed E-state index contributed by atoms with van der Waals surface area (Å²) in [6.45, 7) is 1.16. The molecule has 0 saturated carbocycles. The Hall–Kier alpha value is -1.81. The van der Waals surface area contributed by atoms with Gasteiger partial charge in [0.1, 0.15) is 0 Å². The summed E-state index contributed by atoms with van der Waals surface area (Å²) >= 11 is 6.04. The lowest BCUT2D eigenvalue weighted by Crippen LogP contribution is -2.38. The Balaban J connectivity index is 0.00000364. The number of nitrogens with one attached hydrogen (secondary N) is 1. The maximum atomic E-state index is 10.0. The van der Waals surface area contributed by atoms with Crippen molar-refractivity contribution in [3.8, 4) is 17.2 Å². The van der Waals surface area contributed by atoms with Crippen LogP contribution in [0.5, 0.6) is 17.2 Å². The number of nitrogens with zero attached hydrogens (tertiary/aromatic N) is 3. The average Bonchev–Trinajstić information content (AvgIpc) is 2.93. The summed E-state index contributed by atoms with van der Waals surface area (Å²) in [6.07, 6.45) is 1.87. The van der Waals surface area contributed by atoms with E-state index in [4.69, 9.17) is 21.1 Å². The Bertz CT molecular complexity index is 770. The second-order valence-corrected chi connectivity index (χ2v) is 6.30. The summed E-state index contributed by atoms with van der Waals surface area (Å²) < 4.78 is 12.4. The average molecular weight is 509 g/mol. The number of benzene rings is 1. The number of phenolic OH excluding ortho intramolecular Hbond substituents is 1. The van der Waals surface area contributed by atoms with Crippen LogP contribution in [0.15, 0.2) is 29.4 Å². The van der Waals surface area contributed by atoms with E-state index in [9.17, 15) is 5.11 Å². The molecule has 2 aromatic rings. The lowest BCUT2D eigenvalue weighted by molar-refractivity contribution is 0.339. The molecule has 1 aromatic carbocycles. The van der Waals surface area contributed by atoms with Crippen LogP contribution in [0.4, 0.5) is 0 Å². The number of aryl methyl sites for hydroxylation is 1. The Morgan fingerprint density at radius 2 is 1.85 bits per heavy atom. The van der Waals surface area contributed by atoms with Crippen molar-refractivity contribution in [2.24, 2.45) is 12.0 Å². The largest absolute Gasteiger partial charge is 0.502 e. The molecular formula is C18H26ClIN4O3. The first-order chi connectivity index (χ1) is 12.4. The minimum atomic E-state index is -0.0131. The van der Waals surface area contributed by atoms with Gasteiger partial charge in [0.15, 0.2) is 17.5 Å². The topological polar surface area (TPSA) is 71.2 Å². The maximum Gasteiger partial charge on any atom is 0.200 e. The van der Waals surface area contributed by atoms with Crippen LogP contribution in [0.2, 0.25) is 5.02 Å². The molecule has 0 aliphatic carbocycles. The van der Waals surface area contributed by atoms with Gasteiger partial charge in [0.2, 0.25) is 5.75 Å². The van der Waals surface area contributed by atoms with Gasteiger partial charge in [-0.2, -0.15) is 0 Å². The molecule has 1 aromatic heterocycles. The lowest BCUT2D eigenvalue weighted by atomic mass is 10.2. The zero-order valence-corrected chi connectivity index (χ0v) is 19.2. The third kappa shape index (κ3) is 5.83. The standard InChI is InChI=1S/C18H25ClN4O3.HI/c1-20-18(23(3)11-14-8-13(19)10-22(14)2)21-9-12-6-15(25-4)17(24)16(7-12)26-5;/h6-8,10,24H,9,11H2,1-5H3,(H,20,21);1H. The second-order valence-electron chi connectivity index (χ2n) is 5.87. The van der Waals surface area contributed by atoms with Gasteiger partial charge in [0.25, 0.3) is 0 Å². The zero-order chi connectivity index (χ0) is 19.3. The SMILES string of the molecule is CN=C(NCc1cc(OC)c(O)c(OC)c1)N(C)Cc1cc(Cl)cn1C.I. The van der Waals surface area contributed by atoms with Crippen molar-refractivity contribution in [3.63, 3.8) is 0 Å². The molecule has 0 atom stereocenters. The van der Waals surface area contributed by atoms with Crippen LogP contribution < -0.4 is 14.8 Å². The third-order valence-electron chi connectivity index (χ3n) is 4.04. The maximum absolute atomic E-state index is 10.0. The molecule has 0 aliphatic rings. The monoisotopic (exact) mass is 508 g/mol. The van der Waals surface area contributed by atoms with Crippen LogP contribution in [-0.4, -0.2) is 48.8 Å². The molecule has 1 heterocycles. The van der Waals surface area contributed by atoms with Crippen LogP contribution in [0.3, 0.4) is 0 Å². The van der Waals surface area contributed by atoms with E-state index in [-0.39, 0.29) is 29.7 Å². The van der Waals surface area contributed by atoms with Crippen molar-refractivity contribution in [2.45, 2.75) is 13.1 Å². The summed E-state index contributed by atoms with van der Waals surface area (Å²) in [7, 11) is 8.65. The second kappa shape index (κ2) is 10.5. The molecule has 0 unspecified atom stereocenters. The molecule has 150 valence electrons. The fraction of sp³-hybridized carbons (Fsp3) is 0.389. The number of aromatic hydroxyl groups is 1. The smallest absolute Gasteiger partial charge is 0.200 e. The van der Waals surface area contributed by atoms with Crippen molar-refractivity contribution in [2.75, 3.05) is 28.3 Å². The predicted molar refractivity (Wildman–Crippen MR) is 119 cm³/mol. The van der Waals surface area contributed by atoms with E-state index in [2.05, 4.69) is 10.3 Å². The first kappa shape index (κ1) is 23.2. The van der Waals surface area contributed by atoms with Gasteiger partial charge in [0.05, 0.1) is 25.8 Å². The van der Waals surface area contributed by atoms with Gasteiger partial charge < -0.3 is 29.4 Å². The van der Waals surface area contributed by atoms with Gasteiger partial charge in [-0.3, -0.25) is 4.99 Å². The van der Waals surface area contributed by atoms with E-state index in [1.54, 1.807) is 19.2 Å². The third-order valence-corrected chi connectivity index (χ3v) is 4.24. The lowest BCUT2D eigenvalue weighted by Gasteiger charge is -2.22. The fourth-order valence-electron chi connectivity index (χ4n) is 2.66. The molecule has 9 heteroatoms. The number of guanidine groups is 1. The van der Waals surface area contributed by atoms with Gasteiger partial charge in [-0.25, -0.2) is 0 Å². The van der Waals surface area contributed by atoms with E-state index in [0.717, 1.165) is 17.2 Å². The highest BCUT2D eigenvalue weighted by Gasteiger charge is 2.13. The van der Waals surface area contributed by atoms with E-state index < -0.39 is 0 Å². The predicted octanol–water partition coefficient (Wildman–Crippen LogP) is 3.23. The minimum absolute atomic E-state index is 0. The van der Waals surface area contributed by atoms with Crippen LogP contribution in [0.1, 0.15) is 11.3 Å². The summed E-state index contributed by atoms with van der Waals surface area (Å²) in [5, 5.41) is 14.0. The molecule has 27 heavy (non-hydrogen) atoms. The van der Waals surface area contributed by atoms with E-state index in [1.165, 1.54) is 14.2 Å². The molecule has 0 aliphatic heterocycles. The van der Waals surface area contributed by atoms with Crippen LogP contribution in [0.25, 0.3) is 0 Å². The number of rotatable bonds is 6. The Kier molecular flexibility index (Phi) is 9.04. The van der Waals surface area contributed by atoms with Crippen LogP contribution >= 0.6 is 35.6 Å². The van der Waals surface area contributed by atoms with Crippen molar-refractivity contribution < 1.29 is 14.6 Å². The normalized spacial score (nSPS) is 11.0. The molecule has 0 spiro atoms. The zero-order valence-electron chi connectivity index (χ0n) is 16.1. The quantitative estimate of drug-likeness (QED) is 0.356. The van der Waals surface area contributed by atoms with Gasteiger partial charge in [-0.15, -0.1) is 24.0 Å². The first-order valence-corrected chi connectivity index (χ1v) is 8.43. The van der Waals surface area contributed by atoms with Gasteiger partial charge in [0, 0.05) is 39.6 Å². The van der Waals surface area contributed by atoms with E-state index in [1.807, 2.05) is 35.8 Å². The van der Waals surface area contributed by atoms with Crippen molar-refractivity contribution >= 4 is 41.5 Å². The molecule has 0 saturated heterocycles. The minimum Gasteiger partial charge on any atom is -0.502 e. The highest BCUT2D eigenvalue weighted by Crippen LogP contribution is 2.37. The van der Waals surface area contributed by atoms with E-state index in [0.29, 0.717) is 29.6 Å². The van der Waals surface area contributed by atoms with Gasteiger partial charge in [-0.1, -0.05) is 11.6 Å². The van der Waals surface area contributed by atoms with E-state index >= 15 is 0 Å². The number of methoxy groups -OCH3 is 2. The molecule has 0 radical (unpaired) electrons. The molecule has 0 bridgehead atoms. The number of ether oxygens (including phenoxy) is 2.